The van der Waals surface area contributed by atoms with Crippen molar-refractivity contribution in [2.75, 3.05) is 6.54 Å². The Morgan fingerprint density at radius 1 is 1.15 bits per heavy atom. The predicted octanol–water partition coefficient (Wildman–Crippen LogP) is 1.77. The molecule has 2 rings (SSSR count). The van der Waals surface area contributed by atoms with Crippen molar-refractivity contribution >= 4 is 0 Å². The first kappa shape index (κ1) is 9.47. The van der Waals surface area contributed by atoms with Crippen LogP contribution in [0.1, 0.15) is 46.0 Å². The van der Waals surface area contributed by atoms with Crippen LogP contribution in [-0.2, 0) is 0 Å². The Morgan fingerprint density at radius 2 is 1.77 bits per heavy atom. The summed E-state index contributed by atoms with van der Waals surface area (Å²) in [5, 5.41) is 9.85. The second kappa shape index (κ2) is 3.25. The van der Waals surface area contributed by atoms with Gasteiger partial charge < -0.3 is 5.11 Å². The van der Waals surface area contributed by atoms with Crippen molar-refractivity contribution in [1.82, 2.24) is 4.90 Å². The number of aliphatic hydroxyl groups is 1. The summed E-state index contributed by atoms with van der Waals surface area (Å²) in [7, 11) is 0. The van der Waals surface area contributed by atoms with Crippen molar-refractivity contribution in [3.8, 4) is 0 Å². The molecule has 0 aromatic carbocycles. The van der Waals surface area contributed by atoms with E-state index in [9.17, 15) is 5.11 Å². The summed E-state index contributed by atoms with van der Waals surface area (Å²) in [4.78, 5) is 2.53. The number of likely N-dealkylation sites (tertiary alicyclic amines) is 1. The molecule has 2 nitrogen and oxygen atoms in total. The molecule has 0 aromatic rings. The molecule has 1 atom stereocenters. The molecule has 0 spiro atoms. The van der Waals surface area contributed by atoms with Crippen LogP contribution >= 0.6 is 0 Å². The zero-order valence-electron chi connectivity index (χ0n) is 8.79. The summed E-state index contributed by atoms with van der Waals surface area (Å²) in [6, 6.07) is 0.757. The third-order valence-electron chi connectivity index (χ3n) is 3.96. The van der Waals surface area contributed by atoms with Crippen LogP contribution < -0.4 is 0 Å². The highest BCUT2D eigenvalue weighted by Crippen LogP contribution is 2.36. The minimum absolute atomic E-state index is 0.0228. The fraction of sp³-hybridized carbons (Fsp3) is 1.00. The number of rotatable bonds is 1. The number of hydrogen-bond donors (Lipinski definition) is 1. The van der Waals surface area contributed by atoms with E-state index in [1.54, 1.807) is 0 Å². The Balaban J connectivity index is 2.06. The van der Waals surface area contributed by atoms with Crippen LogP contribution in [0.5, 0.6) is 0 Å². The molecule has 0 amide bonds. The molecule has 0 bridgehead atoms. The maximum absolute atomic E-state index is 9.85. The average molecular weight is 183 g/mol. The number of hydrogen-bond acceptors (Lipinski definition) is 2. The quantitative estimate of drug-likeness (QED) is 0.670. The molecule has 2 heteroatoms. The molecule has 1 N–H and O–H groups in total. The monoisotopic (exact) mass is 183 g/mol. The lowest BCUT2D eigenvalue weighted by Crippen LogP contribution is -2.49. The molecule has 0 aromatic heterocycles. The average Bonchev–Trinajstić information content (AvgIpc) is 2.62. The van der Waals surface area contributed by atoms with Crippen LogP contribution in [0.15, 0.2) is 0 Å². The zero-order chi connectivity index (χ0) is 9.47. The smallest absolute Gasteiger partial charge is 0.0730 e. The minimum atomic E-state index is -0.118. The van der Waals surface area contributed by atoms with Gasteiger partial charge in [-0.15, -0.1) is 0 Å². The fourth-order valence-corrected chi connectivity index (χ4v) is 2.96. The van der Waals surface area contributed by atoms with Gasteiger partial charge in [0.05, 0.1) is 6.10 Å². The third kappa shape index (κ3) is 1.50. The molecule has 1 saturated carbocycles. The van der Waals surface area contributed by atoms with Crippen molar-refractivity contribution < 1.29 is 5.11 Å². The van der Waals surface area contributed by atoms with Crippen molar-refractivity contribution in [1.29, 1.82) is 0 Å². The molecule has 76 valence electrons. The van der Waals surface area contributed by atoms with E-state index in [1.807, 2.05) is 0 Å². The maximum Gasteiger partial charge on any atom is 0.0730 e. The van der Waals surface area contributed by atoms with Gasteiger partial charge >= 0.3 is 0 Å². The second-order valence-electron chi connectivity index (χ2n) is 5.09. The first-order valence-electron chi connectivity index (χ1n) is 5.57. The molecule has 1 heterocycles. The van der Waals surface area contributed by atoms with Crippen LogP contribution in [0.3, 0.4) is 0 Å². The lowest BCUT2D eigenvalue weighted by atomic mass is 9.97. The number of nitrogens with zero attached hydrogens (tertiary/aromatic N) is 1. The van der Waals surface area contributed by atoms with Crippen LogP contribution in [0, 0.1) is 0 Å². The van der Waals surface area contributed by atoms with Gasteiger partial charge in [0, 0.05) is 18.1 Å². The second-order valence-corrected chi connectivity index (χ2v) is 5.09. The summed E-state index contributed by atoms with van der Waals surface area (Å²) in [6.45, 7) is 5.46. The van der Waals surface area contributed by atoms with Crippen molar-refractivity contribution in [2.24, 2.45) is 0 Å². The Kier molecular flexibility index (Phi) is 2.37. The van der Waals surface area contributed by atoms with Gasteiger partial charge in [-0.3, -0.25) is 4.90 Å². The fourth-order valence-electron chi connectivity index (χ4n) is 2.96. The van der Waals surface area contributed by atoms with Gasteiger partial charge in [0.15, 0.2) is 0 Å². The van der Waals surface area contributed by atoms with Crippen molar-refractivity contribution in [2.45, 2.75) is 63.6 Å². The maximum atomic E-state index is 9.85. The van der Waals surface area contributed by atoms with Crippen molar-refractivity contribution in [3.05, 3.63) is 0 Å². The van der Waals surface area contributed by atoms with Gasteiger partial charge in [-0.05, 0) is 33.1 Å². The molecule has 2 aliphatic rings. The molecule has 1 saturated heterocycles. The third-order valence-corrected chi connectivity index (χ3v) is 3.96. The first-order valence-corrected chi connectivity index (χ1v) is 5.57. The van der Waals surface area contributed by atoms with E-state index in [0.29, 0.717) is 0 Å². The van der Waals surface area contributed by atoms with Crippen molar-refractivity contribution in [3.63, 3.8) is 0 Å². The van der Waals surface area contributed by atoms with E-state index in [4.69, 9.17) is 0 Å². The highest BCUT2D eigenvalue weighted by Gasteiger charge is 2.43. The van der Waals surface area contributed by atoms with E-state index in [0.717, 1.165) is 19.0 Å². The molecule has 2 fully saturated rings. The van der Waals surface area contributed by atoms with E-state index >= 15 is 0 Å². The highest BCUT2D eigenvalue weighted by molar-refractivity contribution is 4.99. The summed E-state index contributed by atoms with van der Waals surface area (Å²) < 4.78 is 0. The Morgan fingerprint density at radius 3 is 2.23 bits per heavy atom. The SMILES string of the molecule is CC1(C)C(O)CCN1C1CCCC1. The van der Waals surface area contributed by atoms with Gasteiger partial charge in [0.2, 0.25) is 0 Å². The Bertz CT molecular complexity index is 185. The molecule has 0 radical (unpaired) electrons. The first-order chi connectivity index (χ1) is 6.12. The summed E-state index contributed by atoms with van der Waals surface area (Å²) >= 11 is 0. The van der Waals surface area contributed by atoms with E-state index in [2.05, 4.69) is 18.7 Å². The Labute approximate surface area is 80.9 Å². The lowest BCUT2D eigenvalue weighted by molar-refractivity contribution is 0.0317. The molecular formula is C11H21NO. The van der Waals surface area contributed by atoms with Gasteiger partial charge in [-0.1, -0.05) is 12.8 Å². The van der Waals surface area contributed by atoms with Crippen LogP contribution in [0.25, 0.3) is 0 Å². The molecule has 1 aliphatic heterocycles. The summed E-state index contributed by atoms with van der Waals surface area (Å²) in [5.41, 5.74) is 0.0228. The van der Waals surface area contributed by atoms with E-state index in [1.165, 1.54) is 25.7 Å². The zero-order valence-corrected chi connectivity index (χ0v) is 8.79. The summed E-state index contributed by atoms with van der Waals surface area (Å²) in [6.07, 6.45) is 6.30. The molecule has 1 unspecified atom stereocenters. The van der Waals surface area contributed by atoms with Gasteiger partial charge in [0.1, 0.15) is 0 Å². The predicted molar refractivity (Wildman–Crippen MR) is 53.7 cm³/mol. The van der Waals surface area contributed by atoms with Crippen LogP contribution in [0.4, 0.5) is 0 Å². The van der Waals surface area contributed by atoms with E-state index < -0.39 is 0 Å². The van der Waals surface area contributed by atoms with E-state index in [-0.39, 0.29) is 11.6 Å². The normalized spacial score (nSPS) is 35.8. The highest BCUT2D eigenvalue weighted by atomic mass is 16.3. The van der Waals surface area contributed by atoms with Gasteiger partial charge in [-0.25, -0.2) is 0 Å². The lowest BCUT2D eigenvalue weighted by Gasteiger charge is -2.38. The molecular weight excluding hydrogens is 162 g/mol. The van der Waals surface area contributed by atoms with Crippen LogP contribution in [-0.4, -0.2) is 34.2 Å². The Hall–Kier alpha value is -0.0800. The molecule has 13 heavy (non-hydrogen) atoms. The minimum Gasteiger partial charge on any atom is -0.391 e. The van der Waals surface area contributed by atoms with Gasteiger partial charge in [0.25, 0.3) is 0 Å². The standard InChI is InChI=1S/C11H21NO/c1-11(2)10(13)7-8-12(11)9-5-3-4-6-9/h9-10,13H,3-8H2,1-2H3. The van der Waals surface area contributed by atoms with Crippen LogP contribution in [0.2, 0.25) is 0 Å². The topological polar surface area (TPSA) is 23.5 Å². The largest absolute Gasteiger partial charge is 0.391 e. The molecule has 1 aliphatic carbocycles. The summed E-state index contributed by atoms with van der Waals surface area (Å²) in [5.74, 6) is 0. The van der Waals surface area contributed by atoms with Gasteiger partial charge in [-0.2, -0.15) is 0 Å². The number of aliphatic hydroxyl groups excluding tert-OH is 1.